The third-order valence-electron chi connectivity index (χ3n) is 3.47. The molecular formula is C13H17F2NO. The van der Waals surface area contributed by atoms with E-state index in [1.165, 1.54) is 0 Å². The Balaban J connectivity index is 1.87. The molecule has 1 aliphatic carbocycles. The monoisotopic (exact) mass is 241 g/mol. The van der Waals surface area contributed by atoms with E-state index in [9.17, 15) is 13.9 Å². The average Bonchev–Trinajstić information content (AvgIpc) is 2.30. The van der Waals surface area contributed by atoms with Gasteiger partial charge in [0.1, 0.15) is 0 Å². The summed E-state index contributed by atoms with van der Waals surface area (Å²) >= 11 is 0. The van der Waals surface area contributed by atoms with Crippen molar-refractivity contribution >= 4 is 0 Å². The van der Waals surface area contributed by atoms with Crippen LogP contribution >= 0.6 is 0 Å². The lowest BCUT2D eigenvalue weighted by atomic mass is 9.81. The minimum atomic E-state index is -2.52. The first kappa shape index (κ1) is 12.4. The van der Waals surface area contributed by atoms with Crippen LogP contribution < -0.4 is 0 Å². The van der Waals surface area contributed by atoms with E-state index in [0.29, 0.717) is 19.3 Å². The molecule has 2 nitrogen and oxygen atoms in total. The van der Waals surface area contributed by atoms with Gasteiger partial charge in [-0.3, -0.25) is 4.98 Å². The molecule has 1 aromatic rings. The summed E-state index contributed by atoms with van der Waals surface area (Å²) < 4.78 is 26.0. The fraction of sp³-hybridized carbons (Fsp3) is 0.615. The van der Waals surface area contributed by atoms with Crippen molar-refractivity contribution in [3.63, 3.8) is 0 Å². The summed E-state index contributed by atoms with van der Waals surface area (Å²) in [5, 5.41) is 10.0. The van der Waals surface area contributed by atoms with Crippen LogP contribution in [0.15, 0.2) is 24.5 Å². The van der Waals surface area contributed by atoms with Crippen molar-refractivity contribution in [2.45, 2.75) is 44.1 Å². The zero-order valence-electron chi connectivity index (χ0n) is 9.65. The van der Waals surface area contributed by atoms with E-state index in [4.69, 9.17) is 0 Å². The second-order valence-electron chi connectivity index (χ2n) is 4.83. The van der Waals surface area contributed by atoms with Gasteiger partial charge in [0.25, 0.3) is 0 Å². The fourth-order valence-electron chi connectivity index (χ4n) is 2.37. The van der Waals surface area contributed by atoms with Gasteiger partial charge < -0.3 is 5.11 Å². The van der Waals surface area contributed by atoms with Crippen LogP contribution in [0.2, 0.25) is 0 Å². The molecule has 94 valence electrons. The van der Waals surface area contributed by atoms with E-state index < -0.39 is 12.0 Å². The summed E-state index contributed by atoms with van der Waals surface area (Å²) in [5.74, 6) is -2.53. The van der Waals surface area contributed by atoms with Gasteiger partial charge in [-0.1, -0.05) is 6.07 Å². The van der Waals surface area contributed by atoms with Gasteiger partial charge in [-0.2, -0.15) is 0 Å². The Bertz CT molecular complexity index is 346. The second-order valence-corrected chi connectivity index (χ2v) is 4.83. The van der Waals surface area contributed by atoms with Gasteiger partial charge in [0.15, 0.2) is 0 Å². The SMILES string of the molecule is OC(Cc1cccnc1)C1CCC(F)(F)CC1. The van der Waals surface area contributed by atoms with E-state index in [-0.39, 0.29) is 18.8 Å². The van der Waals surface area contributed by atoms with Gasteiger partial charge >= 0.3 is 0 Å². The Hall–Kier alpha value is -1.03. The largest absolute Gasteiger partial charge is 0.392 e. The second kappa shape index (κ2) is 5.08. The topological polar surface area (TPSA) is 33.1 Å². The molecule has 0 aromatic carbocycles. The third-order valence-corrected chi connectivity index (χ3v) is 3.47. The summed E-state index contributed by atoms with van der Waals surface area (Å²) in [4.78, 5) is 3.97. The molecule has 1 saturated carbocycles. The summed E-state index contributed by atoms with van der Waals surface area (Å²) in [6.45, 7) is 0. The van der Waals surface area contributed by atoms with E-state index in [2.05, 4.69) is 4.98 Å². The van der Waals surface area contributed by atoms with Crippen LogP contribution in [-0.2, 0) is 6.42 Å². The number of aromatic nitrogens is 1. The third kappa shape index (κ3) is 3.46. The fourth-order valence-corrected chi connectivity index (χ4v) is 2.37. The van der Waals surface area contributed by atoms with Gasteiger partial charge in [0, 0.05) is 31.7 Å². The molecule has 17 heavy (non-hydrogen) atoms. The highest BCUT2D eigenvalue weighted by Gasteiger charge is 2.37. The first-order chi connectivity index (χ1) is 8.07. The zero-order valence-corrected chi connectivity index (χ0v) is 9.65. The lowest BCUT2D eigenvalue weighted by molar-refractivity contribution is -0.0619. The standard InChI is InChI=1S/C13H17F2NO/c14-13(15)5-3-11(4-6-13)12(17)8-10-2-1-7-16-9-10/h1-2,7,9,11-12,17H,3-6,8H2. The van der Waals surface area contributed by atoms with Crippen molar-refractivity contribution in [2.24, 2.45) is 5.92 Å². The molecule has 0 aliphatic heterocycles. The first-order valence-corrected chi connectivity index (χ1v) is 6.02. The highest BCUT2D eigenvalue weighted by Crippen LogP contribution is 2.37. The maximum Gasteiger partial charge on any atom is 0.248 e. The molecule has 1 aliphatic rings. The zero-order chi connectivity index (χ0) is 12.3. The van der Waals surface area contributed by atoms with Gasteiger partial charge in [0.05, 0.1) is 6.10 Å². The normalized spacial score (nSPS) is 22.3. The molecule has 1 atom stereocenters. The quantitative estimate of drug-likeness (QED) is 0.882. The van der Waals surface area contributed by atoms with E-state index in [0.717, 1.165) is 5.56 Å². The van der Waals surface area contributed by atoms with Crippen LogP contribution in [0, 0.1) is 5.92 Å². The smallest absolute Gasteiger partial charge is 0.248 e. The lowest BCUT2D eigenvalue weighted by Gasteiger charge is -2.31. The highest BCUT2D eigenvalue weighted by molar-refractivity contribution is 5.10. The van der Waals surface area contributed by atoms with Gasteiger partial charge in [-0.15, -0.1) is 0 Å². The molecule has 1 aromatic heterocycles. The van der Waals surface area contributed by atoms with Crippen LogP contribution in [0.3, 0.4) is 0 Å². The molecular weight excluding hydrogens is 224 g/mol. The minimum absolute atomic E-state index is 0.00479. The molecule has 0 saturated heterocycles. The molecule has 0 amide bonds. The number of aliphatic hydroxyl groups is 1. The van der Waals surface area contributed by atoms with E-state index >= 15 is 0 Å². The average molecular weight is 241 g/mol. The van der Waals surface area contributed by atoms with Gasteiger partial charge in [0.2, 0.25) is 5.92 Å². The van der Waals surface area contributed by atoms with E-state index in [1.807, 2.05) is 12.1 Å². The Morgan fingerprint density at radius 2 is 2.12 bits per heavy atom. The molecule has 0 radical (unpaired) electrons. The van der Waals surface area contributed by atoms with Gasteiger partial charge in [-0.05, 0) is 30.4 Å². The molecule has 1 heterocycles. The Morgan fingerprint density at radius 1 is 1.41 bits per heavy atom. The highest BCUT2D eigenvalue weighted by atomic mass is 19.3. The number of aliphatic hydroxyl groups excluding tert-OH is 1. The van der Waals surface area contributed by atoms with Crippen molar-refractivity contribution in [2.75, 3.05) is 0 Å². The van der Waals surface area contributed by atoms with E-state index in [1.54, 1.807) is 12.4 Å². The van der Waals surface area contributed by atoms with Crippen molar-refractivity contribution in [1.29, 1.82) is 0 Å². The predicted octanol–water partition coefficient (Wildman–Crippen LogP) is 2.81. The Labute approximate surface area is 99.7 Å². The predicted molar refractivity (Wildman–Crippen MR) is 60.9 cm³/mol. The molecule has 2 rings (SSSR count). The Kier molecular flexibility index (Phi) is 3.72. The number of alkyl halides is 2. The number of hydrogen-bond donors (Lipinski definition) is 1. The number of nitrogens with zero attached hydrogens (tertiary/aromatic N) is 1. The van der Waals surface area contributed by atoms with Crippen molar-refractivity contribution in [3.05, 3.63) is 30.1 Å². The van der Waals surface area contributed by atoms with Crippen LogP contribution in [0.25, 0.3) is 0 Å². The van der Waals surface area contributed by atoms with Crippen LogP contribution in [0.1, 0.15) is 31.2 Å². The van der Waals surface area contributed by atoms with Crippen LogP contribution in [-0.4, -0.2) is 22.1 Å². The summed E-state index contributed by atoms with van der Waals surface area (Å²) in [7, 11) is 0. The molecule has 0 bridgehead atoms. The maximum atomic E-state index is 13.0. The van der Waals surface area contributed by atoms with Crippen LogP contribution in [0.4, 0.5) is 8.78 Å². The summed E-state index contributed by atoms with van der Waals surface area (Å²) in [6.07, 6.45) is 3.99. The summed E-state index contributed by atoms with van der Waals surface area (Å²) in [5.41, 5.74) is 0.956. The molecule has 4 heteroatoms. The molecule has 1 N–H and O–H groups in total. The minimum Gasteiger partial charge on any atom is -0.392 e. The molecule has 1 fully saturated rings. The number of rotatable bonds is 3. The lowest BCUT2D eigenvalue weighted by Crippen LogP contribution is -2.32. The number of hydrogen-bond acceptors (Lipinski definition) is 2. The number of pyridine rings is 1. The summed E-state index contributed by atoms with van der Waals surface area (Å²) in [6, 6.07) is 3.71. The van der Waals surface area contributed by atoms with Crippen LogP contribution in [0.5, 0.6) is 0 Å². The van der Waals surface area contributed by atoms with Crippen molar-refractivity contribution in [3.8, 4) is 0 Å². The van der Waals surface area contributed by atoms with Crippen molar-refractivity contribution in [1.82, 2.24) is 4.98 Å². The number of halogens is 2. The van der Waals surface area contributed by atoms with Crippen molar-refractivity contribution < 1.29 is 13.9 Å². The molecule has 0 spiro atoms. The molecule has 1 unspecified atom stereocenters. The van der Waals surface area contributed by atoms with Gasteiger partial charge in [-0.25, -0.2) is 8.78 Å². The maximum absolute atomic E-state index is 13.0. The first-order valence-electron chi connectivity index (χ1n) is 6.02. The Morgan fingerprint density at radius 3 is 2.71 bits per heavy atom.